The van der Waals surface area contributed by atoms with Crippen LogP contribution in [0, 0.1) is 5.82 Å². The Bertz CT molecular complexity index is 299. The van der Waals surface area contributed by atoms with E-state index in [1.54, 1.807) is 12.1 Å². The van der Waals surface area contributed by atoms with E-state index in [2.05, 4.69) is 5.32 Å². The van der Waals surface area contributed by atoms with Gasteiger partial charge in [0.05, 0.1) is 0 Å². The summed E-state index contributed by atoms with van der Waals surface area (Å²) < 4.78 is 12.7. The second kappa shape index (κ2) is 6.57. The first-order valence-corrected chi connectivity index (χ1v) is 4.97. The fourth-order valence-electron chi connectivity index (χ4n) is 1.16. The van der Waals surface area contributed by atoms with Crippen molar-refractivity contribution in [2.24, 2.45) is 0 Å². The second-order valence-electron chi connectivity index (χ2n) is 2.95. The lowest BCUT2D eigenvalue weighted by molar-refractivity contribution is 0.624. The Morgan fingerprint density at radius 1 is 1.43 bits per heavy atom. The highest BCUT2D eigenvalue weighted by atomic mass is 35.5. The summed E-state index contributed by atoms with van der Waals surface area (Å²) in [4.78, 5) is 0. The SMILES string of the molecule is Fc1cccc(CCNC/C=C/Cl)c1. The molecule has 0 radical (unpaired) electrons. The molecule has 3 heteroatoms. The molecule has 0 unspecified atom stereocenters. The highest BCUT2D eigenvalue weighted by Gasteiger charge is 1.93. The topological polar surface area (TPSA) is 12.0 Å². The van der Waals surface area contributed by atoms with E-state index >= 15 is 0 Å². The highest BCUT2D eigenvalue weighted by molar-refractivity contribution is 6.25. The molecule has 1 aromatic carbocycles. The third-order valence-electron chi connectivity index (χ3n) is 1.83. The summed E-state index contributed by atoms with van der Waals surface area (Å²) in [5.74, 6) is -0.178. The molecule has 14 heavy (non-hydrogen) atoms. The Labute approximate surface area is 88.6 Å². The van der Waals surface area contributed by atoms with Crippen molar-refractivity contribution in [3.05, 3.63) is 47.3 Å². The van der Waals surface area contributed by atoms with Crippen molar-refractivity contribution in [2.45, 2.75) is 6.42 Å². The van der Waals surface area contributed by atoms with Crippen molar-refractivity contribution < 1.29 is 4.39 Å². The van der Waals surface area contributed by atoms with Crippen LogP contribution in [0.5, 0.6) is 0 Å². The maximum absolute atomic E-state index is 12.7. The molecule has 0 aromatic heterocycles. The summed E-state index contributed by atoms with van der Waals surface area (Å²) in [6, 6.07) is 6.65. The monoisotopic (exact) mass is 213 g/mol. The maximum Gasteiger partial charge on any atom is 0.123 e. The van der Waals surface area contributed by atoms with Gasteiger partial charge in [-0.25, -0.2) is 4.39 Å². The predicted octanol–water partition coefficient (Wildman–Crippen LogP) is 2.71. The Morgan fingerprint density at radius 2 is 2.29 bits per heavy atom. The van der Waals surface area contributed by atoms with Crippen molar-refractivity contribution in [1.29, 1.82) is 0 Å². The average molecular weight is 214 g/mol. The fourth-order valence-corrected chi connectivity index (χ4v) is 1.24. The molecule has 1 rings (SSSR count). The first-order chi connectivity index (χ1) is 6.83. The van der Waals surface area contributed by atoms with E-state index in [-0.39, 0.29) is 5.82 Å². The third-order valence-corrected chi connectivity index (χ3v) is 2.01. The number of hydrogen-bond donors (Lipinski definition) is 1. The molecule has 0 amide bonds. The van der Waals surface area contributed by atoms with Crippen molar-refractivity contribution in [3.63, 3.8) is 0 Å². The molecule has 0 atom stereocenters. The molecule has 0 fully saturated rings. The zero-order valence-corrected chi connectivity index (χ0v) is 8.60. The zero-order chi connectivity index (χ0) is 10.2. The minimum atomic E-state index is -0.178. The Morgan fingerprint density at radius 3 is 3.00 bits per heavy atom. The van der Waals surface area contributed by atoms with Gasteiger partial charge < -0.3 is 5.32 Å². The second-order valence-corrected chi connectivity index (χ2v) is 3.20. The van der Waals surface area contributed by atoms with Crippen molar-refractivity contribution in [2.75, 3.05) is 13.1 Å². The van der Waals surface area contributed by atoms with Crippen LogP contribution in [0.15, 0.2) is 35.9 Å². The molecule has 0 bridgehead atoms. The Hall–Kier alpha value is -0.860. The largest absolute Gasteiger partial charge is 0.313 e. The van der Waals surface area contributed by atoms with Gasteiger partial charge in [0.2, 0.25) is 0 Å². The summed E-state index contributed by atoms with van der Waals surface area (Å²) in [7, 11) is 0. The molecule has 0 saturated carbocycles. The normalized spacial score (nSPS) is 11.0. The van der Waals surface area contributed by atoms with Gasteiger partial charge in [-0.05, 0) is 30.7 Å². The van der Waals surface area contributed by atoms with Crippen LogP contribution in [-0.2, 0) is 6.42 Å². The number of hydrogen-bond acceptors (Lipinski definition) is 1. The summed E-state index contributed by atoms with van der Waals surface area (Å²) in [6.07, 6.45) is 2.65. The molecular weight excluding hydrogens is 201 g/mol. The van der Waals surface area contributed by atoms with Gasteiger partial charge in [-0.2, -0.15) is 0 Å². The van der Waals surface area contributed by atoms with Crippen LogP contribution in [0.3, 0.4) is 0 Å². The molecule has 0 aliphatic carbocycles. The van der Waals surface area contributed by atoms with Gasteiger partial charge in [-0.3, -0.25) is 0 Å². The van der Waals surface area contributed by atoms with E-state index in [4.69, 9.17) is 11.6 Å². The van der Waals surface area contributed by atoms with Crippen molar-refractivity contribution in [3.8, 4) is 0 Å². The van der Waals surface area contributed by atoms with Gasteiger partial charge in [0, 0.05) is 12.1 Å². The van der Waals surface area contributed by atoms with Crippen LogP contribution < -0.4 is 5.32 Å². The predicted molar refractivity (Wildman–Crippen MR) is 58.0 cm³/mol. The van der Waals surface area contributed by atoms with E-state index in [1.165, 1.54) is 11.6 Å². The van der Waals surface area contributed by atoms with Crippen LogP contribution in [-0.4, -0.2) is 13.1 Å². The van der Waals surface area contributed by atoms with E-state index in [0.717, 1.165) is 25.1 Å². The van der Waals surface area contributed by atoms with Gasteiger partial charge in [0.1, 0.15) is 5.82 Å². The molecule has 1 aromatic rings. The number of halogens is 2. The molecule has 0 saturated heterocycles. The Kier molecular flexibility index (Phi) is 5.27. The van der Waals surface area contributed by atoms with Gasteiger partial charge in [0.15, 0.2) is 0 Å². The van der Waals surface area contributed by atoms with Gasteiger partial charge in [-0.15, -0.1) is 0 Å². The van der Waals surface area contributed by atoms with E-state index in [9.17, 15) is 4.39 Å². The summed E-state index contributed by atoms with van der Waals surface area (Å²) >= 11 is 5.35. The van der Waals surface area contributed by atoms with E-state index in [1.807, 2.05) is 12.1 Å². The summed E-state index contributed by atoms with van der Waals surface area (Å²) in [6.45, 7) is 1.57. The molecule has 0 heterocycles. The maximum atomic E-state index is 12.7. The number of rotatable bonds is 5. The summed E-state index contributed by atoms with van der Waals surface area (Å²) in [5.41, 5.74) is 2.49. The molecule has 1 N–H and O–H groups in total. The molecular formula is C11H13ClFN. The lowest BCUT2D eigenvalue weighted by Crippen LogP contribution is -2.16. The minimum Gasteiger partial charge on any atom is -0.313 e. The third kappa shape index (κ3) is 4.40. The zero-order valence-electron chi connectivity index (χ0n) is 7.84. The van der Waals surface area contributed by atoms with Gasteiger partial charge in [-0.1, -0.05) is 29.8 Å². The lowest BCUT2D eigenvalue weighted by Gasteiger charge is -2.01. The number of benzene rings is 1. The molecule has 0 aliphatic rings. The minimum absolute atomic E-state index is 0.178. The standard InChI is InChI=1S/C11H13ClFN/c12-6-2-7-14-8-5-10-3-1-4-11(13)9-10/h1-4,6,9,14H,5,7-8H2/b6-2+. The molecule has 76 valence electrons. The molecule has 0 spiro atoms. The van der Waals surface area contributed by atoms with Gasteiger partial charge >= 0.3 is 0 Å². The summed E-state index contributed by atoms with van der Waals surface area (Å²) in [5, 5.41) is 3.16. The Balaban J connectivity index is 2.24. The van der Waals surface area contributed by atoms with Crippen LogP contribution in [0.4, 0.5) is 4.39 Å². The molecule has 1 nitrogen and oxygen atoms in total. The average Bonchev–Trinajstić information content (AvgIpc) is 2.18. The quantitative estimate of drug-likeness (QED) is 0.742. The first kappa shape index (κ1) is 11.2. The van der Waals surface area contributed by atoms with Crippen LogP contribution in [0.1, 0.15) is 5.56 Å². The molecule has 0 aliphatic heterocycles. The fraction of sp³-hybridized carbons (Fsp3) is 0.273. The van der Waals surface area contributed by atoms with Crippen LogP contribution in [0.25, 0.3) is 0 Å². The van der Waals surface area contributed by atoms with Crippen molar-refractivity contribution in [1.82, 2.24) is 5.32 Å². The highest BCUT2D eigenvalue weighted by Crippen LogP contribution is 2.03. The number of nitrogens with one attached hydrogen (secondary N) is 1. The van der Waals surface area contributed by atoms with Crippen molar-refractivity contribution >= 4 is 11.6 Å². The van der Waals surface area contributed by atoms with Crippen LogP contribution in [0.2, 0.25) is 0 Å². The smallest absolute Gasteiger partial charge is 0.123 e. The first-order valence-electron chi connectivity index (χ1n) is 4.53. The van der Waals surface area contributed by atoms with Gasteiger partial charge in [0.25, 0.3) is 0 Å². The van der Waals surface area contributed by atoms with Crippen LogP contribution >= 0.6 is 11.6 Å². The van der Waals surface area contributed by atoms with E-state index < -0.39 is 0 Å². The van der Waals surface area contributed by atoms with E-state index in [0.29, 0.717) is 0 Å². The lowest BCUT2D eigenvalue weighted by atomic mass is 10.1.